The van der Waals surface area contributed by atoms with Gasteiger partial charge in [0.2, 0.25) is 0 Å². The van der Waals surface area contributed by atoms with Crippen molar-refractivity contribution in [1.82, 2.24) is 30.7 Å². The first-order valence-electron chi connectivity index (χ1n) is 9.59. The summed E-state index contributed by atoms with van der Waals surface area (Å²) in [5, 5.41) is 30.3. The van der Waals surface area contributed by atoms with Crippen LogP contribution in [0.3, 0.4) is 0 Å². The lowest BCUT2D eigenvalue weighted by molar-refractivity contribution is 0.445. The van der Waals surface area contributed by atoms with Crippen molar-refractivity contribution in [2.24, 2.45) is 0 Å². The maximum absolute atomic E-state index is 10.6. The third kappa shape index (κ3) is 3.43. The first-order valence-corrected chi connectivity index (χ1v) is 10.4. The number of anilines is 1. The van der Waals surface area contributed by atoms with Gasteiger partial charge in [0.15, 0.2) is 10.8 Å². The van der Waals surface area contributed by atoms with Crippen LogP contribution in [-0.2, 0) is 0 Å². The number of likely N-dealkylation sites (N-methyl/N-ethyl adjacent to an activating group) is 1. The number of benzene rings is 1. The zero-order valence-electron chi connectivity index (χ0n) is 16.0. The van der Waals surface area contributed by atoms with Crippen LogP contribution in [0, 0.1) is 0 Å². The number of H-pyrrole nitrogens is 1. The molecule has 1 fully saturated rings. The fourth-order valence-electron chi connectivity index (χ4n) is 3.67. The molecule has 0 aliphatic carbocycles. The molecule has 1 atom stereocenters. The van der Waals surface area contributed by atoms with Gasteiger partial charge < -0.3 is 15.3 Å². The van der Waals surface area contributed by atoms with E-state index >= 15 is 0 Å². The average Bonchev–Trinajstić information content (AvgIpc) is 3.43. The van der Waals surface area contributed by atoms with Crippen LogP contribution in [0.5, 0.6) is 5.75 Å². The second-order valence-electron chi connectivity index (χ2n) is 7.24. The highest BCUT2D eigenvalue weighted by Crippen LogP contribution is 2.35. The van der Waals surface area contributed by atoms with Gasteiger partial charge in [0.25, 0.3) is 0 Å². The number of thiazole rings is 1. The van der Waals surface area contributed by atoms with Crippen LogP contribution in [0.4, 0.5) is 5.13 Å². The van der Waals surface area contributed by atoms with Crippen LogP contribution < -0.4 is 10.2 Å². The largest absolute Gasteiger partial charge is 0.507 e. The molecule has 0 radical (unpaired) electrons. The minimum atomic E-state index is 0.160. The highest BCUT2D eigenvalue weighted by atomic mass is 32.1. The summed E-state index contributed by atoms with van der Waals surface area (Å²) in [4.78, 5) is 6.89. The summed E-state index contributed by atoms with van der Waals surface area (Å²) >= 11 is 1.61. The fraction of sp³-hybridized carbons (Fsp3) is 0.300. The monoisotopic (exact) mass is 407 g/mol. The van der Waals surface area contributed by atoms with E-state index in [0.717, 1.165) is 40.5 Å². The zero-order valence-corrected chi connectivity index (χ0v) is 16.8. The predicted molar refractivity (Wildman–Crippen MR) is 114 cm³/mol. The number of aromatic hydroxyl groups is 1. The molecule has 8 nitrogen and oxygen atoms in total. The number of rotatable bonds is 4. The SMILES string of the molecule is CN(c1nc2nnc(-c3ccc(-c4cn[nH]c4)cc3O)cc2s1)[C@@H]1CCCNC1. The molecule has 4 aromatic rings. The Morgan fingerprint density at radius 1 is 1.21 bits per heavy atom. The van der Waals surface area contributed by atoms with Crippen molar-refractivity contribution in [3.63, 3.8) is 0 Å². The number of piperidine rings is 1. The maximum atomic E-state index is 10.6. The summed E-state index contributed by atoms with van der Waals surface area (Å²) in [6, 6.07) is 7.90. The predicted octanol–water partition coefficient (Wildman–Crippen LogP) is 3.04. The van der Waals surface area contributed by atoms with Gasteiger partial charge in [-0.1, -0.05) is 17.4 Å². The smallest absolute Gasteiger partial charge is 0.194 e. The lowest BCUT2D eigenvalue weighted by atomic mass is 10.0. The summed E-state index contributed by atoms with van der Waals surface area (Å²) in [5.74, 6) is 0.160. The molecule has 3 N–H and O–H groups in total. The highest BCUT2D eigenvalue weighted by molar-refractivity contribution is 7.22. The Morgan fingerprint density at radius 2 is 2.14 bits per heavy atom. The fourth-order valence-corrected chi connectivity index (χ4v) is 4.64. The van der Waals surface area contributed by atoms with Gasteiger partial charge in [-0.2, -0.15) is 10.1 Å². The Morgan fingerprint density at radius 3 is 2.90 bits per heavy atom. The van der Waals surface area contributed by atoms with Gasteiger partial charge in [-0.15, -0.1) is 10.2 Å². The van der Waals surface area contributed by atoms with Crippen LogP contribution in [0.1, 0.15) is 12.8 Å². The number of nitrogens with zero attached hydrogens (tertiary/aromatic N) is 5. The number of phenolic OH excluding ortho intramolecular Hbond substituents is 1. The minimum absolute atomic E-state index is 0.160. The summed E-state index contributed by atoms with van der Waals surface area (Å²) in [6.07, 6.45) is 5.85. The van der Waals surface area contributed by atoms with Crippen molar-refractivity contribution in [3.8, 4) is 28.1 Å². The van der Waals surface area contributed by atoms with Crippen molar-refractivity contribution < 1.29 is 5.11 Å². The number of fused-ring (bicyclic) bond motifs is 1. The lowest BCUT2D eigenvalue weighted by Crippen LogP contribution is -2.44. The van der Waals surface area contributed by atoms with Crippen LogP contribution in [0.25, 0.3) is 32.7 Å². The molecule has 148 valence electrons. The molecule has 0 spiro atoms. The van der Waals surface area contributed by atoms with Crippen molar-refractivity contribution in [3.05, 3.63) is 36.7 Å². The van der Waals surface area contributed by atoms with E-state index in [2.05, 4.69) is 42.6 Å². The Labute approximate surface area is 171 Å². The first-order chi connectivity index (χ1) is 14.2. The molecule has 1 aliphatic rings. The van der Waals surface area contributed by atoms with E-state index in [1.807, 2.05) is 18.2 Å². The van der Waals surface area contributed by atoms with Gasteiger partial charge in [0.05, 0.1) is 16.6 Å². The second-order valence-corrected chi connectivity index (χ2v) is 8.25. The summed E-state index contributed by atoms with van der Waals surface area (Å²) in [7, 11) is 2.09. The Balaban J connectivity index is 1.45. The molecule has 1 saturated heterocycles. The summed E-state index contributed by atoms with van der Waals surface area (Å²) in [5.41, 5.74) is 3.72. The molecule has 1 aliphatic heterocycles. The molecule has 9 heteroatoms. The second kappa shape index (κ2) is 7.41. The maximum Gasteiger partial charge on any atom is 0.194 e. The number of aromatic amines is 1. The van der Waals surface area contributed by atoms with E-state index in [4.69, 9.17) is 0 Å². The third-order valence-corrected chi connectivity index (χ3v) is 6.45. The Kier molecular flexibility index (Phi) is 4.61. The molecule has 0 saturated carbocycles. The zero-order chi connectivity index (χ0) is 19.8. The van der Waals surface area contributed by atoms with E-state index in [9.17, 15) is 5.11 Å². The van der Waals surface area contributed by atoms with Gasteiger partial charge in [0, 0.05) is 37.0 Å². The van der Waals surface area contributed by atoms with Crippen molar-refractivity contribution in [2.45, 2.75) is 18.9 Å². The topological polar surface area (TPSA) is 103 Å². The van der Waals surface area contributed by atoms with E-state index < -0.39 is 0 Å². The number of aromatic nitrogens is 5. The highest BCUT2D eigenvalue weighted by Gasteiger charge is 2.21. The lowest BCUT2D eigenvalue weighted by Gasteiger charge is -2.31. The minimum Gasteiger partial charge on any atom is -0.507 e. The molecular formula is C20H21N7OS. The summed E-state index contributed by atoms with van der Waals surface area (Å²) in [6.45, 7) is 2.06. The number of nitrogens with one attached hydrogen (secondary N) is 2. The number of hydrogen-bond donors (Lipinski definition) is 3. The molecule has 0 amide bonds. The van der Waals surface area contributed by atoms with Gasteiger partial charge in [-0.25, -0.2) is 0 Å². The Bertz CT molecular complexity index is 1140. The third-order valence-electron chi connectivity index (χ3n) is 5.37. The van der Waals surface area contributed by atoms with Gasteiger partial charge in [-0.05, 0) is 43.1 Å². The van der Waals surface area contributed by atoms with Crippen LogP contribution >= 0.6 is 11.3 Å². The molecule has 3 aromatic heterocycles. The van der Waals surface area contributed by atoms with Gasteiger partial charge >= 0.3 is 0 Å². The van der Waals surface area contributed by atoms with E-state index in [1.165, 1.54) is 6.42 Å². The van der Waals surface area contributed by atoms with Gasteiger partial charge in [-0.3, -0.25) is 5.10 Å². The molecule has 29 heavy (non-hydrogen) atoms. The molecule has 0 unspecified atom stereocenters. The van der Waals surface area contributed by atoms with Crippen molar-refractivity contribution in [1.29, 1.82) is 0 Å². The van der Waals surface area contributed by atoms with E-state index in [0.29, 0.717) is 22.9 Å². The molecule has 1 aromatic carbocycles. The quantitative estimate of drug-likeness (QED) is 0.478. The van der Waals surface area contributed by atoms with Crippen LogP contribution in [0.2, 0.25) is 0 Å². The molecule has 0 bridgehead atoms. The molecule has 5 rings (SSSR count). The van der Waals surface area contributed by atoms with E-state index in [1.54, 1.807) is 29.8 Å². The van der Waals surface area contributed by atoms with Crippen molar-refractivity contribution >= 4 is 26.8 Å². The normalized spacial score (nSPS) is 16.9. The Hall–Kier alpha value is -3.04. The first kappa shape index (κ1) is 18.0. The summed E-state index contributed by atoms with van der Waals surface area (Å²) < 4.78 is 0.957. The molecular weight excluding hydrogens is 386 g/mol. The van der Waals surface area contributed by atoms with Crippen LogP contribution in [0.15, 0.2) is 36.7 Å². The standard InChI is InChI=1S/C20H21N7OS/c1-27(14-3-2-6-21-11-14)20-24-19-18(29-20)8-16(25-26-19)15-5-4-12(7-17(15)28)13-9-22-23-10-13/h4-5,7-10,14,21,28H,2-3,6,11H2,1H3,(H,22,23)/t14-/m1/s1. The van der Waals surface area contributed by atoms with Crippen molar-refractivity contribution in [2.75, 3.05) is 25.0 Å². The number of phenols is 1. The van der Waals surface area contributed by atoms with E-state index in [-0.39, 0.29) is 5.75 Å². The van der Waals surface area contributed by atoms with Gasteiger partial charge in [0.1, 0.15) is 5.75 Å². The van der Waals surface area contributed by atoms with Crippen LogP contribution in [-0.4, -0.2) is 56.7 Å². The average molecular weight is 408 g/mol. The number of hydrogen-bond acceptors (Lipinski definition) is 8. The molecule has 4 heterocycles.